The van der Waals surface area contributed by atoms with Crippen LogP contribution in [0.5, 0.6) is 5.75 Å². The van der Waals surface area contributed by atoms with Gasteiger partial charge >= 0.3 is 0 Å². The summed E-state index contributed by atoms with van der Waals surface area (Å²) in [7, 11) is 0. The number of benzene rings is 1. The Morgan fingerprint density at radius 2 is 1.97 bits per heavy atom. The van der Waals surface area contributed by atoms with E-state index in [1.807, 2.05) is 52.0 Å². The van der Waals surface area contributed by atoms with E-state index in [1.54, 1.807) is 4.90 Å². The maximum atomic E-state index is 13.5. The number of aliphatic hydroxyl groups is 1. The van der Waals surface area contributed by atoms with Gasteiger partial charge in [-0.25, -0.2) is 5.48 Å². The molecule has 1 fully saturated rings. The Morgan fingerprint density at radius 3 is 2.52 bits per heavy atom. The fourth-order valence-electron chi connectivity index (χ4n) is 3.87. The lowest BCUT2D eigenvalue weighted by Crippen LogP contribution is -2.62. The van der Waals surface area contributed by atoms with Gasteiger partial charge in [-0.15, -0.1) is 0 Å². The van der Waals surface area contributed by atoms with E-state index >= 15 is 0 Å². The number of hydroxylamine groups is 1. The van der Waals surface area contributed by atoms with Gasteiger partial charge in [-0.05, 0) is 43.9 Å². The Bertz CT molecular complexity index is 694. The van der Waals surface area contributed by atoms with Crippen molar-refractivity contribution in [3.05, 3.63) is 29.8 Å². The molecule has 8 nitrogen and oxygen atoms in total. The van der Waals surface area contributed by atoms with Gasteiger partial charge in [0.25, 0.3) is 5.91 Å². The summed E-state index contributed by atoms with van der Waals surface area (Å²) < 4.78 is 5.51. The van der Waals surface area contributed by atoms with Crippen LogP contribution in [0.4, 0.5) is 0 Å². The van der Waals surface area contributed by atoms with Crippen molar-refractivity contribution in [1.29, 1.82) is 0 Å². The molecule has 0 unspecified atom stereocenters. The summed E-state index contributed by atoms with van der Waals surface area (Å²) in [6.07, 6.45) is -1.29. The molecule has 162 valence electrons. The molecule has 1 aliphatic heterocycles. The average Bonchev–Trinajstić information content (AvgIpc) is 2.71. The van der Waals surface area contributed by atoms with Crippen molar-refractivity contribution in [2.24, 2.45) is 11.8 Å². The lowest BCUT2D eigenvalue weighted by Gasteiger charge is -2.47. The van der Waals surface area contributed by atoms with Gasteiger partial charge < -0.3 is 20.1 Å². The number of rotatable bonds is 8. The monoisotopic (exact) mass is 407 g/mol. The fourth-order valence-corrected chi connectivity index (χ4v) is 3.87. The number of hydrogen-bond donors (Lipinski definition) is 4. The van der Waals surface area contributed by atoms with Crippen molar-refractivity contribution < 1.29 is 24.6 Å². The van der Waals surface area contributed by atoms with Crippen LogP contribution in [0.3, 0.4) is 0 Å². The number of aliphatic hydroxyl groups excluding tert-OH is 1. The van der Waals surface area contributed by atoms with Crippen molar-refractivity contribution in [2.45, 2.75) is 45.8 Å². The highest BCUT2D eigenvalue weighted by Gasteiger charge is 2.44. The number of nitrogens with one attached hydrogen (secondary N) is 2. The first-order valence-electron chi connectivity index (χ1n) is 10.1. The highest BCUT2D eigenvalue weighted by Crippen LogP contribution is 2.33. The van der Waals surface area contributed by atoms with E-state index in [-0.39, 0.29) is 11.8 Å². The zero-order valence-electron chi connectivity index (χ0n) is 17.6. The first kappa shape index (κ1) is 23.1. The normalized spacial score (nSPS) is 21.6. The van der Waals surface area contributed by atoms with Crippen LogP contribution in [-0.4, -0.2) is 59.4 Å². The molecule has 1 aliphatic rings. The summed E-state index contributed by atoms with van der Waals surface area (Å²) in [5.74, 6) is -1.36. The molecule has 0 aliphatic carbocycles. The molecule has 0 aromatic heterocycles. The Labute approximate surface area is 172 Å². The second kappa shape index (κ2) is 10.0. The molecule has 1 aromatic rings. The van der Waals surface area contributed by atoms with Crippen molar-refractivity contribution in [3.63, 3.8) is 0 Å². The zero-order valence-corrected chi connectivity index (χ0v) is 17.6. The van der Waals surface area contributed by atoms with Crippen LogP contribution in [0.15, 0.2) is 24.3 Å². The molecule has 29 heavy (non-hydrogen) atoms. The van der Waals surface area contributed by atoms with E-state index < -0.39 is 23.5 Å². The molecule has 4 N–H and O–H groups in total. The third-order valence-electron chi connectivity index (χ3n) is 5.43. The van der Waals surface area contributed by atoms with Crippen LogP contribution >= 0.6 is 0 Å². The SMILES string of the molecule is CCOc1ccc([C@]2(C)CNCCN2C(=O)[C@@H](CC(C)C)[C@H](O)C(=O)NO)cc1. The summed E-state index contributed by atoms with van der Waals surface area (Å²) in [6, 6.07) is 7.63. The molecule has 2 amide bonds. The number of ether oxygens (including phenoxy) is 1. The van der Waals surface area contributed by atoms with Crippen LogP contribution in [0.1, 0.15) is 39.7 Å². The third-order valence-corrected chi connectivity index (χ3v) is 5.43. The number of hydrogen-bond acceptors (Lipinski definition) is 6. The molecule has 1 saturated heterocycles. The average molecular weight is 408 g/mol. The summed E-state index contributed by atoms with van der Waals surface area (Å²) in [5.41, 5.74) is 1.75. The van der Waals surface area contributed by atoms with Crippen LogP contribution in [0, 0.1) is 11.8 Å². The molecule has 0 saturated carbocycles. The summed E-state index contributed by atoms with van der Waals surface area (Å²) in [6.45, 7) is 9.93. The molecule has 0 spiro atoms. The maximum absolute atomic E-state index is 13.5. The minimum absolute atomic E-state index is 0.0877. The molecular weight excluding hydrogens is 374 g/mol. The quantitative estimate of drug-likeness (QED) is 0.381. The van der Waals surface area contributed by atoms with Gasteiger partial charge in [-0.3, -0.25) is 14.8 Å². The van der Waals surface area contributed by atoms with Gasteiger partial charge in [0, 0.05) is 19.6 Å². The molecule has 0 bridgehead atoms. The van der Waals surface area contributed by atoms with Crippen molar-refractivity contribution in [1.82, 2.24) is 15.7 Å². The largest absolute Gasteiger partial charge is 0.494 e. The third kappa shape index (κ3) is 5.26. The van der Waals surface area contributed by atoms with E-state index in [1.165, 1.54) is 5.48 Å². The van der Waals surface area contributed by atoms with Crippen LogP contribution in [-0.2, 0) is 15.1 Å². The molecule has 2 rings (SSSR count). The summed E-state index contributed by atoms with van der Waals surface area (Å²) in [4.78, 5) is 27.1. The van der Waals surface area contributed by atoms with Gasteiger partial charge in [-0.1, -0.05) is 26.0 Å². The van der Waals surface area contributed by atoms with Gasteiger partial charge in [0.2, 0.25) is 5.91 Å². The molecule has 8 heteroatoms. The predicted octanol–water partition coefficient (Wildman–Crippen LogP) is 1.26. The Balaban J connectivity index is 2.36. The van der Waals surface area contributed by atoms with Gasteiger partial charge in [-0.2, -0.15) is 0 Å². The van der Waals surface area contributed by atoms with E-state index in [2.05, 4.69) is 5.32 Å². The van der Waals surface area contributed by atoms with Crippen molar-refractivity contribution in [3.8, 4) is 5.75 Å². The smallest absolute Gasteiger partial charge is 0.272 e. The lowest BCUT2D eigenvalue weighted by molar-refractivity contribution is -0.155. The Morgan fingerprint density at radius 1 is 1.31 bits per heavy atom. The van der Waals surface area contributed by atoms with Crippen LogP contribution < -0.4 is 15.5 Å². The minimum Gasteiger partial charge on any atom is -0.494 e. The van der Waals surface area contributed by atoms with Crippen LogP contribution in [0.2, 0.25) is 0 Å². The Hall–Kier alpha value is -2.16. The fraction of sp³-hybridized carbons (Fsp3) is 0.619. The minimum atomic E-state index is -1.62. The lowest BCUT2D eigenvalue weighted by atomic mass is 9.84. The zero-order chi connectivity index (χ0) is 21.6. The second-order valence-corrected chi connectivity index (χ2v) is 8.05. The van der Waals surface area contributed by atoms with Gasteiger partial charge in [0.1, 0.15) is 11.9 Å². The van der Waals surface area contributed by atoms with Crippen molar-refractivity contribution >= 4 is 11.8 Å². The molecule has 3 atom stereocenters. The summed E-state index contributed by atoms with van der Waals surface area (Å²) in [5, 5.41) is 22.7. The highest BCUT2D eigenvalue weighted by molar-refractivity contribution is 5.89. The van der Waals surface area contributed by atoms with Gasteiger partial charge in [0.15, 0.2) is 0 Å². The topological polar surface area (TPSA) is 111 Å². The van der Waals surface area contributed by atoms with E-state index in [0.29, 0.717) is 32.7 Å². The van der Waals surface area contributed by atoms with Crippen molar-refractivity contribution in [2.75, 3.05) is 26.2 Å². The number of carbonyl (C=O) groups is 2. The standard InChI is InChI=1S/C21H33N3O5/c1-5-29-16-8-6-15(7-9-16)21(4)13-22-10-11-24(21)20(27)17(12-14(2)3)18(25)19(26)23-28/h6-9,14,17-18,22,25,28H,5,10-13H2,1-4H3,(H,23,26)/t17-,18-,21-/m0/s1. The maximum Gasteiger partial charge on any atom is 0.272 e. The van der Waals surface area contributed by atoms with E-state index in [9.17, 15) is 14.7 Å². The van der Waals surface area contributed by atoms with Crippen LogP contribution in [0.25, 0.3) is 0 Å². The number of nitrogens with zero attached hydrogens (tertiary/aromatic N) is 1. The first-order valence-corrected chi connectivity index (χ1v) is 10.1. The molecule has 0 radical (unpaired) electrons. The van der Waals surface area contributed by atoms with E-state index in [4.69, 9.17) is 9.94 Å². The molecule has 1 aromatic carbocycles. The number of amides is 2. The number of carbonyl (C=O) groups excluding carboxylic acids is 2. The Kier molecular flexibility index (Phi) is 8.01. The molecule has 1 heterocycles. The second-order valence-electron chi connectivity index (χ2n) is 8.05. The van der Waals surface area contributed by atoms with Gasteiger partial charge in [0.05, 0.1) is 18.1 Å². The first-order chi connectivity index (χ1) is 13.7. The predicted molar refractivity (Wildman–Crippen MR) is 108 cm³/mol. The molecular formula is C21H33N3O5. The van der Waals surface area contributed by atoms with E-state index in [0.717, 1.165) is 11.3 Å². The highest BCUT2D eigenvalue weighted by atomic mass is 16.5. The summed E-state index contributed by atoms with van der Waals surface area (Å²) >= 11 is 0. The number of piperazine rings is 1.